The standard InChI is InChI=1S/C16H30N2O3/c1-4-18-8-5-14(13(2)11-18)17-12-16(15(19)20-3)6-9-21-10-7-16/h13-14,17H,4-12H2,1-3H3/t13-,14-/m0/s1. The lowest BCUT2D eigenvalue weighted by atomic mass is 9.79. The normalized spacial score (nSPS) is 30.0. The summed E-state index contributed by atoms with van der Waals surface area (Å²) in [6, 6.07) is 0.497. The van der Waals surface area contributed by atoms with Crippen molar-refractivity contribution in [2.24, 2.45) is 11.3 Å². The van der Waals surface area contributed by atoms with Gasteiger partial charge in [0.15, 0.2) is 0 Å². The molecule has 2 aliphatic heterocycles. The smallest absolute Gasteiger partial charge is 0.313 e. The molecule has 0 aromatic rings. The van der Waals surface area contributed by atoms with Crippen molar-refractivity contribution in [3.05, 3.63) is 0 Å². The summed E-state index contributed by atoms with van der Waals surface area (Å²) in [6.45, 7) is 9.95. The molecule has 0 spiro atoms. The average Bonchev–Trinajstić information content (AvgIpc) is 2.53. The Morgan fingerprint density at radius 1 is 1.43 bits per heavy atom. The third kappa shape index (κ3) is 3.96. The summed E-state index contributed by atoms with van der Waals surface area (Å²) < 4.78 is 10.5. The van der Waals surface area contributed by atoms with Crippen molar-refractivity contribution in [2.75, 3.05) is 46.5 Å². The number of likely N-dealkylation sites (tertiary alicyclic amines) is 1. The van der Waals surface area contributed by atoms with Gasteiger partial charge in [0.2, 0.25) is 0 Å². The Morgan fingerprint density at radius 2 is 2.14 bits per heavy atom. The zero-order chi connectivity index (χ0) is 15.3. The Balaban J connectivity index is 1.91. The summed E-state index contributed by atoms with van der Waals surface area (Å²) >= 11 is 0. The van der Waals surface area contributed by atoms with Crippen LogP contribution in [0.1, 0.15) is 33.1 Å². The molecule has 2 fully saturated rings. The van der Waals surface area contributed by atoms with Crippen LogP contribution in [0.4, 0.5) is 0 Å². The molecule has 0 aromatic heterocycles. The second kappa shape index (κ2) is 7.56. The van der Waals surface area contributed by atoms with E-state index in [0.29, 0.717) is 31.7 Å². The van der Waals surface area contributed by atoms with Gasteiger partial charge in [0.1, 0.15) is 0 Å². The van der Waals surface area contributed by atoms with E-state index in [4.69, 9.17) is 9.47 Å². The van der Waals surface area contributed by atoms with Gasteiger partial charge in [-0.15, -0.1) is 0 Å². The van der Waals surface area contributed by atoms with E-state index < -0.39 is 5.41 Å². The highest BCUT2D eigenvalue weighted by molar-refractivity contribution is 5.77. The quantitative estimate of drug-likeness (QED) is 0.775. The number of esters is 1. The van der Waals surface area contributed by atoms with Crippen LogP contribution >= 0.6 is 0 Å². The molecule has 1 N–H and O–H groups in total. The first kappa shape index (κ1) is 16.7. The van der Waals surface area contributed by atoms with Gasteiger partial charge >= 0.3 is 5.97 Å². The van der Waals surface area contributed by atoms with Crippen LogP contribution in [0.25, 0.3) is 0 Å². The average molecular weight is 298 g/mol. The molecule has 0 aliphatic carbocycles. The molecule has 2 rings (SSSR count). The van der Waals surface area contributed by atoms with E-state index in [1.807, 2.05) is 0 Å². The lowest BCUT2D eigenvalue weighted by Gasteiger charge is -2.40. The van der Waals surface area contributed by atoms with Crippen LogP contribution in [0, 0.1) is 11.3 Å². The SMILES string of the molecule is CCN1CC[C@H](NCC2(C(=O)OC)CCOCC2)[C@@H](C)C1. The Labute approximate surface area is 128 Å². The van der Waals surface area contributed by atoms with Crippen molar-refractivity contribution in [3.8, 4) is 0 Å². The maximum atomic E-state index is 12.2. The van der Waals surface area contributed by atoms with Crippen LogP contribution in [0.5, 0.6) is 0 Å². The van der Waals surface area contributed by atoms with Crippen molar-refractivity contribution < 1.29 is 14.3 Å². The van der Waals surface area contributed by atoms with Crippen molar-refractivity contribution in [1.29, 1.82) is 0 Å². The van der Waals surface area contributed by atoms with Gasteiger partial charge in [0, 0.05) is 32.3 Å². The zero-order valence-electron chi connectivity index (χ0n) is 13.7. The highest BCUT2D eigenvalue weighted by atomic mass is 16.5. The third-order valence-corrected chi connectivity index (χ3v) is 5.21. The predicted molar refractivity (Wildman–Crippen MR) is 82.2 cm³/mol. The number of piperidine rings is 1. The molecule has 5 heteroatoms. The van der Waals surface area contributed by atoms with E-state index in [0.717, 1.165) is 38.9 Å². The first-order valence-electron chi connectivity index (χ1n) is 8.23. The number of hydrogen-bond acceptors (Lipinski definition) is 5. The Morgan fingerprint density at radius 3 is 2.71 bits per heavy atom. The monoisotopic (exact) mass is 298 g/mol. The van der Waals surface area contributed by atoms with E-state index >= 15 is 0 Å². The van der Waals surface area contributed by atoms with Gasteiger partial charge in [-0.3, -0.25) is 4.79 Å². The molecule has 0 amide bonds. The summed E-state index contributed by atoms with van der Waals surface area (Å²) in [5, 5.41) is 3.66. The molecule has 0 radical (unpaired) electrons. The van der Waals surface area contributed by atoms with Gasteiger partial charge < -0.3 is 19.7 Å². The fourth-order valence-electron chi connectivity index (χ4n) is 3.58. The van der Waals surface area contributed by atoms with E-state index in [1.54, 1.807) is 0 Å². The highest BCUT2D eigenvalue weighted by Crippen LogP contribution is 2.32. The van der Waals surface area contributed by atoms with Crippen molar-refractivity contribution in [3.63, 3.8) is 0 Å². The fraction of sp³-hybridized carbons (Fsp3) is 0.938. The van der Waals surface area contributed by atoms with Crippen LogP contribution in [0.15, 0.2) is 0 Å². The molecular weight excluding hydrogens is 268 g/mol. The zero-order valence-corrected chi connectivity index (χ0v) is 13.7. The molecule has 2 aliphatic rings. The largest absolute Gasteiger partial charge is 0.469 e. The second-order valence-corrected chi connectivity index (χ2v) is 6.53. The van der Waals surface area contributed by atoms with Gasteiger partial charge in [0.25, 0.3) is 0 Å². The predicted octanol–water partition coefficient (Wildman–Crippen LogP) is 1.28. The van der Waals surface area contributed by atoms with Gasteiger partial charge in [0.05, 0.1) is 12.5 Å². The number of nitrogens with zero attached hydrogens (tertiary/aromatic N) is 1. The molecule has 2 atom stereocenters. The highest BCUT2D eigenvalue weighted by Gasteiger charge is 2.41. The van der Waals surface area contributed by atoms with Crippen molar-refractivity contribution in [1.82, 2.24) is 10.2 Å². The minimum absolute atomic E-state index is 0.0862. The van der Waals surface area contributed by atoms with E-state index in [2.05, 4.69) is 24.1 Å². The maximum absolute atomic E-state index is 12.2. The number of carbonyl (C=O) groups is 1. The lowest BCUT2D eigenvalue weighted by Crippen LogP contribution is -2.53. The molecule has 21 heavy (non-hydrogen) atoms. The summed E-state index contributed by atoms with van der Waals surface area (Å²) in [4.78, 5) is 14.7. The molecule has 2 heterocycles. The van der Waals surface area contributed by atoms with Crippen LogP contribution in [0.2, 0.25) is 0 Å². The van der Waals surface area contributed by atoms with Crippen LogP contribution < -0.4 is 5.32 Å². The second-order valence-electron chi connectivity index (χ2n) is 6.53. The molecule has 5 nitrogen and oxygen atoms in total. The summed E-state index contributed by atoms with van der Waals surface area (Å²) in [6.07, 6.45) is 2.67. The number of hydrogen-bond donors (Lipinski definition) is 1. The van der Waals surface area contributed by atoms with Crippen molar-refractivity contribution in [2.45, 2.75) is 39.2 Å². The van der Waals surface area contributed by atoms with Crippen LogP contribution in [-0.4, -0.2) is 63.4 Å². The molecule has 0 bridgehead atoms. The number of carbonyl (C=O) groups excluding carboxylic acids is 1. The first-order valence-corrected chi connectivity index (χ1v) is 8.23. The van der Waals surface area contributed by atoms with Gasteiger partial charge in [-0.1, -0.05) is 13.8 Å². The minimum Gasteiger partial charge on any atom is -0.469 e. The number of nitrogens with one attached hydrogen (secondary N) is 1. The molecule has 122 valence electrons. The molecule has 0 unspecified atom stereocenters. The Bertz CT molecular complexity index is 342. The van der Waals surface area contributed by atoms with E-state index in [1.165, 1.54) is 7.11 Å². The molecule has 0 aromatic carbocycles. The minimum atomic E-state index is -0.394. The fourth-order valence-corrected chi connectivity index (χ4v) is 3.58. The Kier molecular flexibility index (Phi) is 6.02. The topological polar surface area (TPSA) is 50.8 Å². The summed E-state index contributed by atoms with van der Waals surface area (Å²) in [7, 11) is 1.49. The Hall–Kier alpha value is -0.650. The maximum Gasteiger partial charge on any atom is 0.313 e. The molecular formula is C16H30N2O3. The van der Waals surface area contributed by atoms with Gasteiger partial charge in [-0.2, -0.15) is 0 Å². The van der Waals surface area contributed by atoms with Gasteiger partial charge in [-0.25, -0.2) is 0 Å². The third-order valence-electron chi connectivity index (χ3n) is 5.21. The van der Waals surface area contributed by atoms with Crippen LogP contribution in [0.3, 0.4) is 0 Å². The van der Waals surface area contributed by atoms with E-state index in [-0.39, 0.29) is 5.97 Å². The number of rotatable bonds is 5. The summed E-state index contributed by atoms with van der Waals surface area (Å²) in [5.74, 6) is 0.533. The first-order chi connectivity index (χ1) is 10.1. The van der Waals surface area contributed by atoms with Crippen molar-refractivity contribution >= 4 is 5.97 Å². The lowest BCUT2D eigenvalue weighted by molar-refractivity contribution is -0.158. The van der Waals surface area contributed by atoms with E-state index in [9.17, 15) is 4.79 Å². The van der Waals surface area contributed by atoms with Crippen LogP contribution in [-0.2, 0) is 14.3 Å². The summed E-state index contributed by atoms with van der Waals surface area (Å²) in [5.41, 5.74) is -0.394. The number of ether oxygens (including phenoxy) is 2. The molecule has 0 saturated carbocycles. The molecule has 2 saturated heterocycles. The number of methoxy groups -OCH3 is 1. The van der Waals surface area contributed by atoms with Gasteiger partial charge in [-0.05, 0) is 38.3 Å².